The highest BCUT2D eigenvalue weighted by Crippen LogP contribution is 2.42. The second-order valence-electron chi connectivity index (χ2n) is 20.2. The molecule has 0 radical (unpaired) electrons. The summed E-state index contributed by atoms with van der Waals surface area (Å²) in [5.74, 6) is -1.94. The fourth-order valence-electron chi connectivity index (χ4n) is 10.9. The largest absolute Gasteiger partial charge is 0.463 e. The third kappa shape index (κ3) is 9.91. The maximum atomic E-state index is 14.8. The Morgan fingerprint density at radius 3 is 2.65 bits per heavy atom. The van der Waals surface area contributed by atoms with E-state index in [4.69, 9.17) is 32.1 Å². The Bertz CT molecular complexity index is 2630. The summed E-state index contributed by atoms with van der Waals surface area (Å²) in [5, 5.41) is 8.02. The monoisotopic (exact) mass is 981 g/mol. The zero-order chi connectivity index (χ0) is 49.5. The second-order valence-corrected chi connectivity index (χ2v) is 21.9. The van der Waals surface area contributed by atoms with Gasteiger partial charge in [0.15, 0.2) is 4.87 Å². The van der Waals surface area contributed by atoms with E-state index in [9.17, 15) is 24.0 Å². The zero-order valence-corrected chi connectivity index (χ0v) is 42.8. The van der Waals surface area contributed by atoms with E-state index < -0.39 is 40.2 Å². The van der Waals surface area contributed by atoms with Gasteiger partial charge in [0.25, 0.3) is 5.91 Å². The molecule has 5 amide bonds. The summed E-state index contributed by atoms with van der Waals surface area (Å²) in [6.45, 7) is 18.1. The molecule has 6 bridgehead atoms. The Kier molecular flexibility index (Phi) is 14.7. The molecule has 16 nitrogen and oxygen atoms in total. The van der Waals surface area contributed by atoms with Crippen molar-refractivity contribution in [2.24, 2.45) is 17.3 Å². The van der Waals surface area contributed by atoms with E-state index in [2.05, 4.69) is 66.9 Å². The number of hydrogen-bond donors (Lipinski definition) is 3. The SMILES string of the molecule is C=CC(=O)N1CCC[C@H]2CN(C(=O)N(C)C(C(=O)N[C@H]3Cc4nc(cs4)-c4ccc5c(c4)c(c(-c4cccnc4[C@H](C)OC)n5CC)CC(C)(C)COC(=O)[C@@]4(S)CCCN(N4)C3=O)C(C)C)C[C@H]21. The van der Waals surface area contributed by atoms with Crippen LogP contribution < -0.4 is 10.7 Å². The number of carbonyl (C=O) groups is 5. The van der Waals surface area contributed by atoms with Gasteiger partial charge >= 0.3 is 12.0 Å². The minimum Gasteiger partial charge on any atom is -0.463 e. The maximum Gasteiger partial charge on any atom is 0.338 e. The number of methoxy groups -OCH3 is 1. The number of cyclic esters (lactones) is 1. The number of nitrogens with zero attached hydrogens (tertiary/aromatic N) is 7. The number of carbonyl (C=O) groups excluding carboxylic acids is 5. The van der Waals surface area contributed by atoms with Crippen LogP contribution in [-0.2, 0) is 48.0 Å². The topological polar surface area (TPSA) is 172 Å². The molecule has 3 aromatic heterocycles. The van der Waals surface area contributed by atoms with Gasteiger partial charge in [-0.15, -0.1) is 24.0 Å². The van der Waals surface area contributed by atoms with Gasteiger partial charge in [-0.3, -0.25) is 24.4 Å². The van der Waals surface area contributed by atoms with Crippen molar-refractivity contribution in [3.8, 4) is 22.5 Å². The molecule has 3 saturated heterocycles. The molecule has 1 aromatic carbocycles. The van der Waals surface area contributed by atoms with Gasteiger partial charge in [-0.2, -0.15) is 0 Å². The van der Waals surface area contributed by atoms with E-state index in [1.165, 1.54) is 27.3 Å². The molecule has 3 fully saturated rings. The number of hydrazine groups is 1. The first-order valence-electron chi connectivity index (χ1n) is 24.2. The van der Waals surface area contributed by atoms with Crippen LogP contribution in [0.4, 0.5) is 4.79 Å². The van der Waals surface area contributed by atoms with Gasteiger partial charge in [0.2, 0.25) is 11.8 Å². The van der Waals surface area contributed by atoms with Gasteiger partial charge in [-0.05, 0) is 93.7 Å². The Morgan fingerprint density at radius 2 is 1.93 bits per heavy atom. The Hall–Kier alpha value is -5.30. The first-order valence-corrected chi connectivity index (χ1v) is 25.5. The summed E-state index contributed by atoms with van der Waals surface area (Å²) >= 11 is 6.25. The Labute approximate surface area is 414 Å². The summed E-state index contributed by atoms with van der Waals surface area (Å²) in [7, 11) is 3.30. The fourth-order valence-corrected chi connectivity index (χ4v) is 12.0. The number of hydrogen-bond acceptors (Lipinski definition) is 12. The normalized spacial score (nSPS) is 23.8. The molecule has 0 spiro atoms. The third-order valence-electron chi connectivity index (χ3n) is 14.4. The van der Waals surface area contributed by atoms with E-state index in [0.717, 1.165) is 57.5 Å². The van der Waals surface area contributed by atoms with Crippen LogP contribution in [0.15, 0.2) is 54.6 Å². The number of likely N-dealkylation sites (tertiary alicyclic amines) is 2. The quantitative estimate of drug-likeness (QED) is 0.0938. The van der Waals surface area contributed by atoms with Gasteiger partial charge < -0.3 is 34.1 Å². The summed E-state index contributed by atoms with van der Waals surface area (Å²) in [5.41, 5.74) is 9.06. The molecular formula is C51H67N9O7S2. The van der Waals surface area contributed by atoms with Crippen LogP contribution in [0, 0.1) is 17.3 Å². The summed E-state index contributed by atoms with van der Waals surface area (Å²) < 4.78 is 14.3. The van der Waals surface area contributed by atoms with Crippen LogP contribution in [0.5, 0.6) is 0 Å². The molecule has 4 aliphatic rings. The number of esters is 1. The predicted octanol–water partition coefficient (Wildman–Crippen LogP) is 6.65. The van der Waals surface area contributed by atoms with Gasteiger partial charge in [0.05, 0.1) is 40.8 Å². The first kappa shape index (κ1) is 50.1. The lowest BCUT2D eigenvalue weighted by Crippen LogP contribution is -2.65. The van der Waals surface area contributed by atoms with Crippen molar-refractivity contribution in [2.75, 3.05) is 46.9 Å². The molecule has 4 aromatic rings. The number of thiol groups is 1. The van der Waals surface area contributed by atoms with Crippen LogP contribution in [0.3, 0.4) is 0 Å². The molecular weight excluding hydrogens is 915 g/mol. The van der Waals surface area contributed by atoms with E-state index in [1.807, 2.05) is 37.1 Å². The number of benzene rings is 1. The van der Waals surface area contributed by atoms with E-state index in [0.29, 0.717) is 50.4 Å². The standard InChI is InChI=1S/C51H67N9O7S2/c1-10-42(61)59-21-13-15-33-26-57(27-40(33)59)49(65)56(8)44(30(3)4)46(62)54-37-24-41-53-38(28-69-41)32-17-18-39-35(23-32)36(45(58(39)11-2)34-16-12-20-52-43(34)31(5)66-9)25-50(6,7)29-67-48(64)51(68)19-14-22-60(55-51)47(37)63/h10,12,16-18,20,23,28,30-31,33,37,40,44,55,68H,1,11,13-15,19,21-22,24-27,29H2,2-9H3,(H,54,62)/t31-,33-,37-,40+,44?,51-/m0/s1. The lowest BCUT2D eigenvalue weighted by Gasteiger charge is -2.41. The van der Waals surface area contributed by atoms with Gasteiger partial charge in [-0.1, -0.05) is 40.3 Å². The number of fused-ring (bicyclic) bond motifs is 7. The van der Waals surface area contributed by atoms with Crippen molar-refractivity contribution in [3.63, 3.8) is 0 Å². The van der Waals surface area contributed by atoms with Crippen molar-refractivity contribution >= 4 is 64.6 Å². The number of aryl methyl sites for hydroxylation is 1. The number of piperidine rings is 1. The number of rotatable bonds is 9. The van der Waals surface area contributed by atoms with Crippen LogP contribution >= 0.6 is 24.0 Å². The van der Waals surface area contributed by atoms with Crippen LogP contribution in [-0.4, -0.2) is 134 Å². The molecule has 370 valence electrons. The van der Waals surface area contributed by atoms with Gasteiger partial charge in [0.1, 0.15) is 12.1 Å². The minimum atomic E-state index is -1.54. The van der Waals surface area contributed by atoms with E-state index in [-0.39, 0.29) is 55.5 Å². The number of urea groups is 1. The Balaban J connectivity index is 1.15. The molecule has 7 heterocycles. The smallest absolute Gasteiger partial charge is 0.338 e. The number of pyridine rings is 1. The molecule has 69 heavy (non-hydrogen) atoms. The molecule has 1 unspecified atom stereocenters. The number of ether oxygens (including phenoxy) is 2. The van der Waals surface area contributed by atoms with Crippen LogP contribution in [0.25, 0.3) is 33.4 Å². The average molecular weight is 982 g/mol. The zero-order valence-electron chi connectivity index (χ0n) is 41.1. The summed E-state index contributed by atoms with van der Waals surface area (Å²) in [6.07, 6.45) is 5.90. The van der Waals surface area contributed by atoms with Gasteiger partial charge in [0, 0.05) is 92.3 Å². The summed E-state index contributed by atoms with van der Waals surface area (Å²) in [6, 6.07) is 7.85. The number of aromatic nitrogens is 3. The highest BCUT2D eigenvalue weighted by atomic mass is 32.1. The summed E-state index contributed by atoms with van der Waals surface area (Å²) in [4.78, 5) is 84.0. The third-order valence-corrected chi connectivity index (χ3v) is 15.8. The molecule has 4 aliphatic heterocycles. The van der Waals surface area contributed by atoms with Crippen molar-refractivity contribution < 1.29 is 33.4 Å². The highest BCUT2D eigenvalue weighted by Gasteiger charge is 2.46. The lowest BCUT2D eigenvalue weighted by molar-refractivity contribution is -0.157. The highest BCUT2D eigenvalue weighted by molar-refractivity contribution is 7.82. The number of likely N-dealkylation sites (N-methyl/N-ethyl adjacent to an activating group) is 1. The molecule has 6 atom stereocenters. The first-order chi connectivity index (χ1) is 32.9. The minimum absolute atomic E-state index is 0.0437. The van der Waals surface area contributed by atoms with Crippen LogP contribution in [0.1, 0.15) is 89.6 Å². The van der Waals surface area contributed by atoms with E-state index >= 15 is 0 Å². The average Bonchev–Trinajstić information content (AvgIpc) is 4.07. The number of thiazole rings is 1. The molecule has 18 heteroatoms. The lowest BCUT2D eigenvalue weighted by atomic mass is 9.84. The van der Waals surface area contributed by atoms with Crippen molar-refractivity contribution in [3.05, 3.63) is 70.8 Å². The number of nitrogens with one attached hydrogen (secondary N) is 2. The molecule has 8 rings (SSSR count). The predicted molar refractivity (Wildman–Crippen MR) is 269 cm³/mol. The second kappa shape index (κ2) is 20.2. The Morgan fingerprint density at radius 1 is 1.14 bits per heavy atom. The van der Waals surface area contributed by atoms with Gasteiger partial charge in [-0.25, -0.2) is 20.0 Å². The maximum absolute atomic E-state index is 14.8. The molecule has 2 N–H and O–H groups in total. The van der Waals surface area contributed by atoms with Crippen molar-refractivity contribution in [1.29, 1.82) is 0 Å². The molecule has 0 saturated carbocycles. The number of amides is 5. The van der Waals surface area contributed by atoms with Crippen LogP contribution in [0.2, 0.25) is 0 Å². The van der Waals surface area contributed by atoms with E-state index in [1.54, 1.807) is 25.3 Å². The molecule has 0 aliphatic carbocycles. The van der Waals surface area contributed by atoms with Crippen molar-refractivity contribution in [1.82, 2.24) is 45.0 Å². The van der Waals surface area contributed by atoms with Crippen molar-refractivity contribution in [2.45, 2.75) is 116 Å². The fraction of sp³-hybridized carbons (Fsp3) is 0.549.